The van der Waals surface area contributed by atoms with Crippen LogP contribution in [-0.4, -0.2) is 39.3 Å². The largest absolute Gasteiger partial charge is 0.297 e. The average Bonchev–Trinajstić information content (AvgIpc) is 3.16. The van der Waals surface area contributed by atoms with Gasteiger partial charge in [-0.25, -0.2) is 8.42 Å². The summed E-state index contributed by atoms with van der Waals surface area (Å²) in [5.41, 5.74) is 1.18. The lowest BCUT2D eigenvalue weighted by molar-refractivity contribution is 0.308. The molecule has 3 rings (SSSR count). The van der Waals surface area contributed by atoms with Gasteiger partial charge in [0.05, 0.1) is 22.4 Å². The Morgan fingerprint density at radius 3 is 1.78 bits per heavy atom. The van der Waals surface area contributed by atoms with Crippen molar-refractivity contribution in [3.8, 4) is 0 Å². The Labute approximate surface area is 161 Å². The molecule has 2 atom stereocenters. The van der Waals surface area contributed by atoms with Crippen molar-refractivity contribution in [1.82, 2.24) is 4.31 Å². The molecule has 1 aliphatic heterocycles. The maximum atomic E-state index is 12.9. The van der Waals surface area contributed by atoms with Gasteiger partial charge >= 0.3 is 0 Å². The molecule has 0 bridgehead atoms. The van der Waals surface area contributed by atoms with Gasteiger partial charge in [-0.2, -0.15) is 12.7 Å². The fraction of sp³-hybridized carbons (Fsp3) is 0.368. The van der Waals surface area contributed by atoms with Crippen molar-refractivity contribution < 1.29 is 21.0 Å². The Morgan fingerprint density at radius 2 is 1.30 bits per heavy atom. The van der Waals surface area contributed by atoms with E-state index in [0.29, 0.717) is 0 Å². The fourth-order valence-electron chi connectivity index (χ4n) is 3.03. The van der Waals surface area contributed by atoms with Crippen LogP contribution in [0.4, 0.5) is 0 Å². The summed E-state index contributed by atoms with van der Waals surface area (Å²) in [7, 11) is -7.66. The molecule has 146 valence electrons. The molecule has 2 unspecified atom stereocenters. The molecule has 27 heavy (non-hydrogen) atoms. The summed E-state index contributed by atoms with van der Waals surface area (Å²) in [6, 6.07) is 12.3. The van der Waals surface area contributed by atoms with Gasteiger partial charge in [0.1, 0.15) is 0 Å². The van der Waals surface area contributed by atoms with Crippen molar-refractivity contribution in [3.05, 3.63) is 59.7 Å². The molecule has 0 saturated carbocycles. The van der Waals surface area contributed by atoms with Crippen molar-refractivity contribution in [2.75, 3.05) is 6.61 Å². The molecular weight excluding hydrogens is 386 g/mol. The number of hydrogen-bond donors (Lipinski definition) is 0. The lowest BCUT2D eigenvalue weighted by Crippen LogP contribution is -2.19. The van der Waals surface area contributed by atoms with Crippen molar-refractivity contribution in [2.45, 2.75) is 49.1 Å². The van der Waals surface area contributed by atoms with Gasteiger partial charge in [0.25, 0.3) is 10.1 Å². The van der Waals surface area contributed by atoms with E-state index in [9.17, 15) is 16.8 Å². The van der Waals surface area contributed by atoms with E-state index in [0.717, 1.165) is 11.1 Å². The van der Waals surface area contributed by atoms with E-state index >= 15 is 0 Å². The zero-order valence-corrected chi connectivity index (χ0v) is 17.3. The Kier molecular flexibility index (Phi) is 4.96. The normalized spacial score (nSPS) is 21.8. The Hall–Kier alpha value is -1.74. The molecule has 2 aromatic rings. The molecule has 1 saturated heterocycles. The van der Waals surface area contributed by atoms with Gasteiger partial charge in [0.2, 0.25) is 10.0 Å². The van der Waals surface area contributed by atoms with E-state index < -0.39 is 31.7 Å². The highest BCUT2D eigenvalue weighted by molar-refractivity contribution is 7.89. The van der Waals surface area contributed by atoms with E-state index in [4.69, 9.17) is 4.18 Å². The van der Waals surface area contributed by atoms with Crippen LogP contribution in [-0.2, 0) is 24.3 Å². The molecule has 6 nitrogen and oxygen atoms in total. The van der Waals surface area contributed by atoms with E-state index in [1.54, 1.807) is 50.2 Å². The van der Waals surface area contributed by atoms with Crippen LogP contribution in [0.5, 0.6) is 0 Å². The van der Waals surface area contributed by atoms with Crippen LogP contribution < -0.4 is 0 Å². The highest BCUT2D eigenvalue weighted by Crippen LogP contribution is 2.45. The molecule has 1 aliphatic rings. The Bertz CT molecular complexity index is 1040. The zero-order chi connectivity index (χ0) is 20.0. The second-order valence-electron chi connectivity index (χ2n) is 7.34. The topological polar surface area (TPSA) is 80.5 Å². The summed E-state index contributed by atoms with van der Waals surface area (Å²) < 4.78 is 57.0. The van der Waals surface area contributed by atoms with Crippen molar-refractivity contribution >= 4 is 20.1 Å². The lowest BCUT2D eigenvalue weighted by Gasteiger charge is -2.09. The van der Waals surface area contributed by atoms with Crippen molar-refractivity contribution in [1.29, 1.82) is 0 Å². The molecule has 0 spiro atoms. The number of aryl methyl sites for hydroxylation is 2. The van der Waals surface area contributed by atoms with E-state index in [2.05, 4.69) is 0 Å². The predicted molar refractivity (Wildman–Crippen MR) is 102 cm³/mol. The molecule has 2 aromatic carbocycles. The average molecular weight is 410 g/mol. The molecule has 0 radical (unpaired) electrons. The summed E-state index contributed by atoms with van der Waals surface area (Å²) in [6.45, 7) is 7.02. The number of sulfonamides is 1. The summed E-state index contributed by atoms with van der Waals surface area (Å²) in [5, 5.41) is 0. The van der Waals surface area contributed by atoms with Gasteiger partial charge in [-0.1, -0.05) is 35.4 Å². The third-order valence-corrected chi connectivity index (χ3v) is 8.27. The first-order chi connectivity index (χ1) is 12.5. The second kappa shape index (κ2) is 6.70. The Morgan fingerprint density at radius 1 is 0.852 bits per heavy atom. The van der Waals surface area contributed by atoms with Gasteiger partial charge < -0.3 is 0 Å². The summed E-state index contributed by atoms with van der Waals surface area (Å²) >= 11 is 0. The van der Waals surface area contributed by atoms with E-state index in [-0.39, 0.29) is 16.4 Å². The molecule has 0 amide bonds. The van der Waals surface area contributed by atoms with Crippen molar-refractivity contribution in [2.24, 2.45) is 0 Å². The number of rotatable bonds is 6. The van der Waals surface area contributed by atoms with Crippen LogP contribution in [0.25, 0.3) is 0 Å². The predicted octanol–water partition coefficient (Wildman–Crippen LogP) is 2.86. The summed E-state index contributed by atoms with van der Waals surface area (Å²) in [4.78, 5) is 0.240. The van der Waals surface area contributed by atoms with E-state index in [1.165, 1.54) is 16.4 Å². The van der Waals surface area contributed by atoms with Crippen LogP contribution >= 0.6 is 0 Å². The highest BCUT2D eigenvalue weighted by Gasteiger charge is 2.62. The Balaban J connectivity index is 1.76. The summed E-state index contributed by atoms with van der Waals surface area (Å²) in [6.07, 6.45) is 0. The quantitative estimate of drug-likeness (QED) is 0.541. The number of benzene rings is 2. The van der Waals surface area contributed by atoms with Crippen LogP contribution in [0, 0.1) is 13.8 Å². The number of nitrogens with zero attached hydrogens (tertiary/aromatic N) is 1. The van der Waals surface area contributed by atoms with Gasteiger partial charge in [0, 0.05) is 5.54 Å². The van der Waals surface area contributed by atoms with Crippen LogP contribution in [0.3, 0.4) is 0 Å². The van der Waals surface area contributed by atoms with Crippen LogP contribution in [0.1, 0.15) is 25.0 Å². The first kappa shape index (κ1) is 20.0. The third-order valence-electron chi connectivity index (χ3n) is 4.87. The first-order valence-corrected chi connectivity index (χ1v) is 11.4. The molecule has 8 heteroatoms. The van der Waals surface area contributed by atoms with Crippen LogP contribution in [0.15, 0.2) is 58.3 Å². The maximum Gasteiger partial charge on any atom is 0.297 e. The molecule has 0 aliphatic carbocycles. The number of hydrogen-bond acceptors (Lipinski definition) is 5. The van der Waals surface area contributed by atoms with Crippen LogP contribution in [0.2, 0.25) is 0 Å². The minimum atomic E-state index is -3.94. The first-order valence-electron chi connectivity index (χ1n) is 8.53. The third kappa shape index (κ3) is 3.80. The van der Waals surface area contributed by atoms with Gasteiger partial charge in [-0.05, 0) is 52.0 Å². The van der Waals surface area contributed by atoms with E-state index in [1.807, 2.05) is 13.8 Å². The van der Waals surface area contributed by atoms with Gasteiger partial charge in [-0.15, -0.1) is 0 Å². The zero-order valence-electron chi connectivity index (χ0n) is 15.7. The fourth-order valence-corrected chi connectivity index (χ4v) is 6.00. The second-order valence-corrected chi connectivity index (χ2v) is 10.8. The van der Waals surface area contributed by atoms with Gasteiger partial charge in [0.15, 0.2) is 0 Å². The van der Waals surface area contributed by atoms with Gasteiger partial charge in [-0.3, -0.25) is 4.18 Å². The minimum absolute atomic E-state index is 0.0551. The molecule has 0 N–H and O–H groups in total. The maximum absolute atomic E-state index is 12.9. The molecule has 0 aromatic heterocycles. The highest BCUT2D eigenvalue weighted by atomic mass is 32.2. The standard InChI is InChI=1S/C19H23NO5S2/c1-14-5-9-16(10-6-14)26(21,22)20-18(19(20,3)4)13-25-27(23,24)17-11-7-15(2)8-12-17/h5-12,18H,13H2,1-4H3. The molecule has 1 fully saturated rings. The monoisotopic (exact) mass is 409 g/mol. The van der Waals surface area contributed by atoms with Crippen molar-refractivity contribution in [3.63, 3.8) is 0 Å². The smallest absolute Gasteiger partial charge is 0.265 e. The molecular formula is C19H23NO5S2. The minimum Gasteiger partial charge on any atom is -0.265 e. The summed E-state index contributed by atoms with van der Waals surface area (Å²) in [5.74, 6) is 0. The SMILES string of the molecule is Cc1ccc(S(=O)(=O)OCC2N(S(=O)(=O)c3ccc(C)cc3)C2(C)C)cc1. The lowest BCUT2D eigenvalue weighted by atomic mass is 10.1. The molecule has 1 heterocycles.